The molecule has 2 unspecified atom stereocenters. The van der Waals surface area contributed by atoms with Crippen LogP contribution in [0.15, 0.2) is 24.4 Å². The molecule has 4 nitrogen and oxygen atoms in total. The fraction of sp³-hybridized carbons (Fsp3) is 0.611. The van der Waals surface area contributed by atoms with E-state index in [0.717, 1.165) is 23.5 Å². The van der Waals surface area contributed by atoms with E-state index < -0.39 is 0 Å². The molecule has 1 saturated carbocycles. The third-order valence-corrected chi connectivity index (χ3v) is 5.86. The van der Waals surface area contributed by atoms with Gasteiger partial charge >= 0.3 is 0 Å². The van der Waals surface area contributed by atoms with E-state index >= 15 is 0 Å². The van der Waals surface area contributed by atoms with Crippen LogP contribution in [0.1, 0.15) is 38.5 Å². The Hall–Kier alpha value is -1.55. The standard InChI is InChI=1S/C18H24N4/c1-2-12(1)11-22-16-4-5-17(22)9-15(8-16)20-14-3-6-18-13(7-14)10-19-21-18/h3,6-7,10,12,15-17,20H,1-2,4-5,8-9,11H2,(H,19,21). The lowest BCUT2D eigenvalue weighted by atomic mass is 9.96. The van der Waals surface area contributed by atoms with Crippen molar-refractivity contribution in [2.24, 2.45) is 5.92 Å². The van der Waals surface area contributed by atoms with E-state index in [2.05, 4.69) is 38.6 Å². The highest BCUT2D eigenvalue weighted by Crippen LogP contribution is 2.40. The zero-order chi connectivity index (χ0) is 14.5. The van der Waals surface area contributed by atoms with Crippen LogP contribution in [0.2, 0.25) is 0 Å². The Balaban J connectivity index is 1.28. The zero-order valence-electron chi connectivity index (χ0n) is 13.0. The molecule has 2 bridgehead atoms. The lowest BCUT2D eigenvalue weighted by Crippen LogP contribution is -2.47. The molecule has 2 aromatic rings. The average molecular weight is 296 g/mol. The quantitative estimate of drug-likeness (QED) is 0.909. The van der Waals surface area contributed by atoms with Crippen molar-refractivity contribution in [3.63, 3.8) is 0 Å². The van der Waals surface area contributed by atoms with E-state index in [1.807, 2.05) is 6.20 Å². The second-order valence-electron chi connectivity index (χ2n) is 7.51. The maximum atomic E-state index is 4.11. The summed E-state index contributed by atoms with van der Waals surface area (Å²) in [5.41, 5.74) is 2.36. The molecule has 2 N–H and O–H groups in total. The summed E-state index contributed by atoms with van der Waals surface area (Å²) >= 11 is 0. The van der Waals surface area contributed by atoms with Crippen molar-refractivity contribution >= 4 is 16.6 Å². The Kier molecular flexibility index (Phi) is 2.93. The molecule has 22 heavy (non-hydrogen) atoms. The number of anilines is 1. The van der Waals surface area contributed by atoms with Crippen LogP contribution in [-0.4, -0.2) is 39.8 Å². The normalized spacial score (nSPS) is 31.7. The summed E-state index contributed by atoms with van der Waals surface area (Å²) in [6.45, 7) is 1.38. The summed E-state index contributed by atoms with van der Waals surface area (Å²) < 4.78 is 0. The zero-order valence-corrected chi connectivity index (χ0v) is 13.0. The van der Waals surface area contributed by atoms with Crippen molar-refractivity contribution in [1.29, 1.82) is 0 Å². The van der Waals surface area contributed by atoms with Gasteiger partial charge in [0.25, 0.3) is 0 Å². The first-order chi connectivity index (χ1) is 10.8. The van der Waals surface area contributed by atoms with Gasteiger partial charge in [-0.3, -0.25) is 10.00 Å². The number of nitrogens with one attached hydrogen (secondary N) is 2. The Labute approximate surface area is 131 Å². The van der Waals surface area contributed by atoms with Crippen LogP contribution in [-0.2, 0) is 0 Å². The van der Waals surface area contributed by atoms with E-state index in [1.54, 1.807) is 0 Å². The van der Waals surface area contributed by atoms with Gasteiger partial charge in [-0.05, 0) is 62.6 Å². The first-order valence-electron chi connectivity index (χ1n) is 8.80. The average Bonchev–Trinajstić information content (AvgIpc) is 3.16. The van der Waals surface area contributed by atoms with E-state index in [1.165, 1.54) is 56.1 Å². The lowest BCUT2D eigenvalue weighted by Gasteiger charge is -2.39. The van der Waals surface area contributed by atoms with Crippen LogP contribution in [0.3, 0.4) is 0 Å². The number of aromatic amines is 1. The molecular formula is C18H24N4. The SMILES string of the molecule is c1cc2[nH]ncc2cc1NC1CC2CCC(C1)N2CC1CC1. The fourth-order valence-electron chi connectivity index (χ4n) is 4.56. The molecule has 0 spiro atoms. The largest absolute Gasteiger partial charge is 0.382 e. The molecule has 0 radical (unpaired) electrons. The molecule has 3 aliphatic rings. The van der Waals surface area contributed by atoms with E-state index in [9.17, 15) is 0 Å². The molecule has 4 heteroatoms. The third kappa shape index (κ3) is 2.30. The molecule has 1 aromatic heterocycles. The predicted octanol–water partition coefficient (Wildman–Crippen LogP) is 3.38. The number of benzene rings is 1. The smallest absolute Gasteiger partial charge is 0.0651 e. The summed E-state index contributed by atoms with van der Waals surface area (Å²) in [6.07, 6.45) is 10.3. The summed E-state index contributed by atoms with van der Waals surface area (Å²) in [5, 5.41) is 12.1. The van der Waals surface area contributed by atoms with Gasteiger partial charge in [0, 0.05) is 35.7 Å². The topological polar surface area (TPSA) is 44.0 Å². The highest BCUT2D eigenvalue weighted by molar-refractivity contribution is 5.81. The van der Waals surface area contributed by atoms with Crippen molar-refractivity contribution in [2.45, 2.75) is 56.7 Å². The molecule has 116 valence electrons. The Morgan fingerprint density at radius 3 is 2.73 bits per heavy atom. The number of rotatable bonds is 4. The maximum Gasteiger partial charge on any atom is 0.0651 e. The first kappa shape index (κ1) is 12.9. The minimum atomic E-state index is 0.636. The van der Waals surface area contributed by atoms with E-state index in [0.29, 0.717) is 6.04 Å². The van der Waals surface area contributed by atoms with Gasteiger partial charge in [0.15, 0.2) is 0 Å². The van der Waals surface area contributed by atoms with Gasteiger partial charge in [-0.2, -0.15) is 5.10 Å². The van der Waals surface area contributed by atoms with Crippen LogP contribution >= 0.6 is 0 Å². The second kappa shape index (κ2) is 4.98. The van der Waals surface area contributed by atoms with Crippen LogP contribution in [0.4, 0.5) is 5.69 Å². The van der Waals surface area contributed by atoms with Gasteiger partial charge < -0.3 is 5.32 Å². The summed E-state index contributed by atoms with van der Waals surface area (Å²) in [7, 11) is 0. The van der Waals surface area contributed by atoms with Crippen LogP contribution in [0.5, 0.6) is 0 Å². The first-order valence-corrected chi connectivity index (χ1v) is 8.80. The molecule has 2 atom stereocenters. The van der Waals surface area contributed by atoms with Gasteiger partial charge in [0.2, 0.25) is 0 Å². The van der Waals surface area contributed by atoms with Gasteiger partial charge in [-0.1, -0.05) is 0 Å². The van der Waals surface area contributed by atoms with Gasteiger partial charge in [0.05, 0.1) is 11.7 Å². The van der Waals surface area contributed by atoms with Crippen molar-refractivity contribution in [2.75, 3.05) is 11.9 Å². The van der Waals surface area contributed by atoms with Crippen LogP contribution < -0.4 is 5.32 Å². The molecule has 1 aliphatic carbocycles. The molecule has 2 aliphatic heterocycles. The number of hydrogen-bond acceptors (Lipinski definition) is 3. The Bertz CT molecular complexity index is 661. The summed E-state index contributed by atoms with van der Waals surface area (Å²) in [4.78, 5) is 2.84. The van der Waals surface area contributed by atoms with Gasteiger partial charge in [0.1, 0.15) is 0 Å². The highest BCUT2D eigenvalue weighted by Gasteiger charge is 2.42. The minimum Gasteiger partial charge on any atom is -0.382 e. The molecule has 3 fully saturated rings. The lowest BCUT2D eigenvalue weighted by molar-refractivity contribution is 0.126. The minimum absolute atomic E-state index is 0.636. The fourth-order valence-corrected chi connectivity index (χ4v) is 4.56. The third-order valence-electron chi connectivity index (χ3n) is 5.86. The molecular weight excluding hydrogens is 272 g/mol. The van der Waals surface area contributed by atoms with E-state index in [4.69, 9.17) is 0 Å². The molecule has 2 saturated heterocycles. The van der Waals surface area contributed by atoms with E-state index in [-0.39, 0.29) is 0 Å². The molecule has 5 rings (SSSR count). The highest BCUT2D eigenvalue weighted by atomic mass is 15.2. The molecule has 1 aromatic carbocycles. The summed E-state index contributed by atoms with van der Waals surface area (Å²) in [5.74, 6) is 1.02. The van der Waals surface area contributed by atoms with Crippen molar-refractivity contribution in [3.8, 4) is 0 Å². The van der Waals surface area contributed by atoms with Crippen LogP contribution in [0.25, 0.3) is 10.9 Å². The van der Waals surface area contributed by atoms with Crippen molar-refractivity contribution in [1.82, 2.24) is 15.1 Å². The van der Waals surface area contributed by atoms with Gasteiger partial charge in [-0.25, -0.2) is 0 Å². The number of fused-ring (bicyclic) bond motifs is 3. The monoisotopic (exact) mass is 296 g/mol. The van der Waals surface area contributed by atoms with Crippen LogP contribution in [0, 0.1) is 5.92 Å². The Morgan fingerprint density at radius 2 is 1.95 bits per heavy atom. The second-order valence-corrected chi connectivity index (χ2v) is 7.51. The Morgan fingerprint density at radius 1 is 1.14 bits per heavy atom. The number of hydrogen-bond donors (Lipinski definition) is 2. The maximum absolute atomic E-state index is 4.11. The van der Waals surface area contributed by atoms with Crippen molar-refractivity contribution in [3.05, 3.63) is 24.4 Å². The summed E-state index contributed by atoms with van der Waals surface area (Å²) in [6, 6.07) is 8.82. The number of H-pyrrole nitrogens is 1. The number of nitrogens with zero attached hydrogens (tertiary/aromatic N) is 2. The molecule has 0 amide bonds. The number of aromatic nitrogens is 2. The number of piperidine rings is 1. The molecule has 3 heterocycles. The predicted molar refractivity (Wildman–Crippen MR) is 89.0 cm³/mol. The van der Waals surface area contributed by atoms with Crippen molar-refractivity contribution < 1.29 is 0 Å². The van der Waals surface area contributed by atoms with Gasteiger partial charge in [-0.15, -0.1) is 0 Å².